The molecule has 106 valence electrons. The van der Waals surface area contributed by atoms with E-state index in [-0.39, 0.29) is 11.9 Å². The van der Waals surface area contributed by atoms with Crippen LogP contribution < -0.4 is 15.8 Å². The molecule has 1 aromatic carbocycles. The molecule has 1 amide bonds. The molecule has 0 aliphatic carbocycles. The Bertz CT molecular complexity index is 417. The quantitative estimate of drug-likeness (QED) is 0.796. The van der Waals surface area contributed by atoms with Crippen molar-refractivity contribution in [1.29, 1.82) is 0 Å². The molecule has 1 aromatic rings. The standard InChI is InChI=1S/C15H24N2O2/c1-4-6-15(18)17-13-8-7-12(9-11(3)16)10-14(13)19-5-2/h7-8,10-11H,4-6,9,16H2,1-3H3,(H,17,18). The summed E-state index contributed by atoms with van der Waals surface area (Å²) in [6.07, 6.45) is 2.15. The van der Waals surface area contributed by atoms with Crippen LogP contribution in [0.25, 0.3) is 0 Å². The number of ether oxygens (including phenoxy) is 1. The third kappa shape index (κ3) is 5.30. The molecule has 1 rings (SSSR count). The molecule has 0 radical (unpaired) electrons. The van der Waals surface area contributed by atoms with E-state index in [1.807, 2.05) is 39.0 Å². The molecule has 0 aliphatic heterocycles. The van der Waals surface area contributed by atoms with Crippen LogP contribution >= 0.6 is 0 Å². The number of benzene rings is 1. The van der Waals surface area contributed by atoms with Crippen LogP contribution in [0.1, 0.15) is 39.2 Å². The Labute approximate surface area is 115 Å². The average molecular weight is 264 g/mol. The fourth-order valence-corrected chi connectivity index (χ4v) is 1.88. The minimum atomic E-state index is 0.0170. The summed E-state index contributed by atoms with van der Waals surface area (Å²) in [6, 6.07) is 5.92. The molecule has 0 spiro atoms. The molecule has 0 saturated heterocycles. The summed E-state index contributed by atoms with van der Waals surface area (Å²) in [5, 5.41) is 2.88. The van der Waals surface area contributed by atoms with E-state index < -0.39 is 0 Å². The summed E-state index contributed by atoms with van der Waals surface area (Å²) in [5.74, 6) is 0.730. The molecule has 1 unspecified atom stereocenters. The predicted octanol–water partition coefficient (Wildman–Crippen LogP) is 2.71. The monoisotopic (exact) mass is 264 g/mol. The van der Waals surface area contributed by atoms with Gasteiger partial charge in [0.1, 0.15) is 5.75 Å². The van der Waals surface area contributed by atoms with Crippen molar-refractivity contribution in [2.24, 2.45) is 5.73 Å². The van der Waals surface area contributed by atoms with Gasteiger partial charge in [-0.25, -0.2) is 0 Å². The number of nitrogens with two attached hydrogens (primary N) is 1. The maximum absolute atomic E-state index is 11.6. The lowest BCUT2D eigenvalue weighted by atomic mass is 10.1. The second-order valence-electron chi connectivity index (χ2n) is 4.74. The average Bonchev–Trinajstić information content (AvgIpc) is 2.32. The second kappa shape index (κ2) is 7.79. The Hall–Kier alpha value is -1.55. The molecule has 19 heavy (non-hydrogen) atoms. The van der Waals surface area contributed by atoms with Gasteiger partial charge >= 0.3 is 0 Å². The minimum Gasteiger partial charge on any atom is -0.492 e. The number of rotatable bonds is 7. The molecule has 0 saturated carbocycles. The summed E-state index contributed by atoms with van der Waals surface area (Å²) in [5.41, 5.74) is 7.64. The number of nitrogens with one attached hydrogen (secondary N) is 1. The molecule has 0 fully saturated rings. The topological polar surface area (TPSA) is 64.4 Å². The SMILES string of the molecule is CCCC(=O)Nc1ccc(CC(C)N)cc1OCC. The van der Waals surface area contributed by atoms with Gasteiger partial charge in [-0.15, -0.1) is 0 Å². The maximum Gasteiger partial charge on any atom is 0.224 e. The molecule has 1 atom stereocenters. The molecular formula is C15H24N2O2. The molecule has 0 aromatic heterocycles. The Kier molecular flexibility index (Phi) is 6.36. The van der Waals surface area contributed by atoms with Crippen LogP contribution in [0.15, 0.2) is 18.2 Å². The van der Waals surface area contributed by atoms with Gasteiger partial charge in [0.25, 0.3) is 0 Å². The van der Waals surface area contributed by atoms with Crippen molar-refractivity contribution >= 4 is 11.6 Å². The zero-order valence-electron chi connectivity index (χ0n) is 12.0. The van der Waals surface area contributed by atoms with Crippen molar-refractivity contribution in [1.82, 2.24) is 0 Å². The van der Waals surface area contributed by atoms with Gasteiger partial charge in [0.2, 0.25) is 5.91 Å². The zero-order chi connectivity index (χ0) is 14.3. The molecule has 4 nitrogen and oxygen atoms in total. The van der Waals surface area contributed by atoms with Gasteiger partial charge in [-0.05, 0) is 44.4 Å². The van der Waals surface area contributed by atoms with Crippen LogP contribution in [0.5, 0.6) is 5.75 Å². The first-order valence-electron chi connectivity index (χ1n) is 6.88. The Morgan fingerprint density at radius 1 is 1.42 bits per heavy atom. The van der Waals surface area contributed by atoms with Gasteiger partial charge in [-0.3, -0.25) is 4.79 Å². The zero-order valence-corrected chi connectivity index (χ0v) is 12.0. The van der Waals surface area contributed by atoms with Crippen molar-refractivity contribution in [3.63, 3.8) is 0 Å². The van der Waals surface area contributed by atoms with Crippen molar-refractivity contribution in [2.45, 2.75) is 46.1 Å². The third-order valence-electron chi connectivity index (χ3n) is 2.65. The number of carbonyl (C=O) groups excluding carboxylic acids is 1. The van der Waals surface area contributed by atoms with Crippen molar-refractivity contribution in [3.05, 3.63) is 23.8 Å². The van der Waals surface area contributed by atoms with E-state index in [2.05, 4.69) is 5.32 Å². The van der Waals surface area contributed by atoms with Crippen LogP contribution in [-0.4, -0.2) is 18.6 Å². The normalized spacial score (nSPS) is 12.0. The predicted molar refractivity (Wildman–Crippen MR) is 78.5 cm³/mol. The number of carbonyl (C=O) groups is 1. The summed E-state index contributed by atoms with van der Waals surface area (Å²) in [6.45, 7) is 6.44. The van der Waals surface area contributed by atoms with Crippen LogP contribution in [0.4, 0.5) is 5.69 Å². The van der Waals surface area contributed by atoms with E-state index >= 15 is 0 Å². The van der Waals surface area contributed by atoms with Gasteiger partial charge in [0, 0.05) is 12.5 Å². The first-order valence-corrected chi connectivity index (χ1v) is 6.88. The maximum atomic E-state index is 11.6. The third-order valence-corrected chi connectivity index (χ3v) is 2.65. The highest BCUT2D eigenvalue weighted by molar-refractivity contribution is 5.92. The van der Waals surface area contributed by atoms with Crippen molar-refractivity contribution in [3.8, 4) is 5.75 Å². The molecule has 3 N–H and O–H groups in total. The minimum absolute atomic E-state index is 0.0170. The van der Waals surface area contributed by atoms with Crippen molar-refractivity contribution in [2.75, 3.05) is 11.9 Å². The molecular weight excluding hydrogens is 240 g/mol. The van der Waals surface area contributed by atoms with Crippen LogP contribution in [0, 0.1) is 0 Å². The Morgan fingerprint density at radius 3 is 2.74 bits per heavy atom. The summed E-state index contributed by atoms with van der Waals surface area (Å²) >= 11 is 0. The van der Waals surface area contributed by atoms with E-state index in [1.54, 1.807) is 0 Å². The summed E-state index contributed by atoms with van der Waals surface area (Å²) in [4.78, 5) is 11.6. The highest BCUT2D eigenvalue weighted by Crippen LogP contribution is 2.26. The van der Waals surface area contributed by atoms with Gasteiger partial charge in [-0.1, -0.05) is 13.0 Å². The first kappa shape index (κ1) is 15.5. The van der Waals surface area contributed by atoms with Crippen LogP contribution in [0.3, 0.4) is 0 Å². The van der Waals surface area contributed by atoms with Crippen LogP contribution in [0.2, 0.25) is 0 Å². The number of hydrogen-bond acceptors (Lipinski definition) is 3. The highest BCUT2D eigenvalue weighted by atomic mass is 16.5. The lowest BCUT2D eigenvalue weighted by Gasteiger charge is -2.14. The number of amides is 1. The molecule has 0 bridgehead atoms. The fraction of sp³-hybridized carbons (Fsp3) is 0.533. The largest absolute Gasteiger partial charge is 0.492 e. The highest BCUT2D eigenvalue weighted by Gasteiger charge is 2.09. The summed E-state index contributed by atoms with van der Waals surface area (Å²) in [7, 11) is 0. The Balaban J connectivity index is 2.87. The fourth-order valence-electron chi connectivity index (χ4n) is 1.88. The molecule has 0 aliphatic rings. The lowest BCUT2D eigenvalue weighted by molar-refractivity contribution is -0.116. The smallest absolute Gasteiger partial charge is 0.224 e. The van der Waals surface area contributed by atoms with E-state index in [0.29, 0.717) is 18.8 Å². The lowest BCUT2D eigenvalue weighted by Crippen LogP contribution is -2.18. The van der Waals surface area contributed by atoms with Gasteiger partial charge < -0.3 is 15.8 Å². The van der Waals surface area contributed by atoms with E-state index in [9.17, 15) is 4.79 Å². The number of hydrogen-bond donors (Lipinski definition) is 2. The van der Waals surface area contributed by atoms with E-state index in [4.69, 9.17) is 10.5 Å². The first-order chi connectivity index (χ1) is 9.06. The molecule has 0 heterocycles. The van der Waals surface area contributed by atoms with Gasteiger partial charge in [-0.2, -0.15) is 0 Å². The Morgan fingerprint density at radius 2 is 2.16 bits per heavy atom. The molecule has 4 heteroatoms. The number of anilines is 1. The van der Waals surface area contributed by atoms with Crippen LogP contribution in [-0.2, 0) is 11.2 Å². The van der Waals surface area contributed by atoms with E-state index in [0.717, 1.165) is 24.1 Å². The second-order valence-corrected chi connectivity index (χ2v) is 4.74. The summed E-state index contributed by atoms with van der Waals surface area (Å²) < 4.78 is 5.58. The van der Waals surface area contributed by atoms with Gasteiger partial charge in [0.15, 0.2) is 0 Å². The van der Waals surface area contributed by atoms with Crippen molar-refractivity contribution < 1.29 is 9.53 Å². The van der Waals surface area contributed by atoms with E-state index in [1.165, 1.54) is 0 Å². The van der Waals surface area contributed by atoms with Gasteiger partial charge in [0.05, 0.1) is 12.3 Å².